The summed E-state index contributed by atoms with van der Waals surface area (Å²) >= 11 is 3.55. The summed E-state index contributed by atoms with van der Waals surface area (Å²) in [6, 6.07) is 3.47. The minimum Gasteiger partial charge on any atom is -0.330 e. The Labute approximate surface area is 123 Å². The fourth-order valence-electron chi connectivity index (χ4n) is 3.38. The molecule has 0 aromatic carbocycles. The molecule has 19 heavy (non-hydrogen) atoms. The SMILES string of the molecule is NCC1CCCCN(C2CC2)C1c1cncc(Br)c1. The second kappa shape index (κ2) is 5.90. The summed E-state index contributed by atoms with van der Waals surface area (Å²) in [7, 11) is 0. The van der Waals surface area contributed by atoms with Crippen molar-refractivity contribution in [2.45, 2.75) is 44.2 Å². The van der Waals surface area contributed by atoms with Crippen LogP contribution < -0.4 is 5.73 Å². The summed E-state index contributed by atoms with van der Waals surface area (Å²) in [5.74, 6) is 0.569. The molecule has 2 fully saturated rings. The molecule has 1 aliphatic heterocycles. The third-order valence-corrected chi connectivity index (χ3v) is 4.86. The van der Waals surface area contributed by atoms with Crippen molar-refractivity contribution in [1.29, 1.82) is 0 Å². The Bertz CT molecular complexity index is 433. The van der Waals surface area contributed by atoms with E-state index in [-0.39, 0.29) is 0 Å². The predicted molar refractivity (Wildman–Crippen MR) is 80.8 cm³/mol. The van der Waals surface area contributed by atoms with Gasteiger partial charge in [0.1, 0.15) is 0 Å². The molecule has 104 valence electrons. The van der Waals surface area contributed by atoms with Crippen LogP contribution in [-0.4, -0.2) is 29.0 Å². The molecule has 1 saturated heterocycles. The van der Waals surface area contributed by atoms with E-state index in [4.69, 9.17) is 5.73 Å². The maximum absolute atomic E-state index is 6.06. The van der Waals surface area contributed by atoms with Gasteiger partial charge in [-0.15, -0.1) is 0 Å². The lowest BCUT2D eigenvalue weighted by Gasteiger charge is -2.35. The number of hydrogen-bond acceptors (Lipinski definition) is 3. The molecule has 4 heteroatoms. The van der Waals surface area contributed by atoms with Gasteiger partial charge in [-0.3, -0.25) is 9.88 Å². The number of halogens is 1. The zero-order valence-electron chi connectivity index (χ0n) is 11.3. The lowest BCUT2D eigenvalue weighted by molar-refractivity contribution is 0.149. The van der Waals surface area contributed by atoms with Crippen LogP contribution in [0.5, 0.6) is 0 Å². The molecule has 0 bridgehead atoms. The minimum atomic E-state index is 0.463. The average molecular weight is 324 g/mol. The molecular weight excluding hydrogens is 302 g/mol. The van der Waals surface area contributed by atoms with Crippen molar-refractivity contribution in [2.75, 3.05) is 13.1 Å². The highest BCUT2D eigenvalue weighted by Crippen LogP contribution is 2.41. The van der Waals surface area contributed by atoms with Crippen molar-refractivity contribution in [3.05, 3.63) is 28.5 Å². The lowest BCUT2D eigenvalue weighted by Crippen LogP contribution is -2.37. The number of nitrogens with zero attached hydrogens (tertiary/aromatic N) is 2. The fraction of sp³-hybridized carbons (Fsp3) is 0.667. The molecule has 3 nitrogen and oxygen atoms in total. The average Bonchev–Trinajstić information content (AvgIpc) is 3.24. The molecule has 0 radical (unpaired) electrons. The molecule has 2 aliphatic rings. The molecular formula is C15H22BrN3. The van der Waals surface area contributed by atoms with Crippen LogP contribution in [-0.2, 0) is 0 Å². The lowest BCUT2D eigenvalue weighted by atomic mass is 9.90. The normalized spacial score (nSPS) is 29.2. The molecule has 2 unspecified atom stereocenters. The van der Waals surface area contributed by atoms with Gasteiger partial charge >= 0.3 is 0 Å². The van der Waals surface area contributed by atoms with Gasteiger partial charge in [-0.2, -0.15) is 0 Å². The highest BCUT2D eigenvalue weighted by molar-refractivity contribution is 9.10. The molecule has 3 rings (SSSR count). The van der Waals surface area contributed by atoms with Crippen molar-refractivity contribution in [3.63, 3.8) is 0 Å². The third-order valence-electron chi connectivity index (χ3n) is 4.43. The molecule has 2 heterocycles. The summed E-state index contributed by atoms with van der Waals surface area (Å²) in [4.78, 5) is 7.06. The van der Waals surface area contributed by atoms with E-state index >= 15 is 0 Å². The first-order valence-electron chi connectivity index (χ1n) is 7.36. The Kier molecular flexibility index (Phi) is 4.20. The van der Waals surface area contributed by atoms with E-state index in [2.05, 4.69) is 31.9 Å². The van der Waals surface area contributed by atoms with Gasteiger partial charge in [-0.1, -0.05) is 6.42 Å². The van der Waals surface area contributed by atoms with Gasteiger partial charge in [0.05, 0.1) is 0 Å². The first-order valence-corrected chi connectivity index (χ1v) is 8.15. The van der Waals surface area contributed by atoms with Gasteiger partial charge in [-0.05, 0) is 72.3 Å². The standard InChI is InChI=1S/C15H22BrN3/c16-13-7-12(9-18-10-13)15-11(8-17)3-1-2-6-19(15)14-4-5-14/h7,9-11,14-15H,1-6,8,17H2. The van der Waals surface area contributed by atoms with Crippen molar-refractivity contribution < 1.29 is 0 Å². The molecule has 0 amide bonds. The number of pyridine rings is 1. The fourth-order valence-corrected chi connectivity index (χ4v) is 3.77. The Morgan fingerprint density at radius 2 is 2.11 bits per heavy atom. The predicted octanol–water partition coefficient (Wildman–Crippen LogP) is 3.11. The van der Waals surface area contributed by atoms with E-state index < -0.39 is 0 Å². The van der Waals surface area contributed by atoms with Crippen molar-refractivity contribution in [1.82, 2.24) is 9.88 Å². The Hall–Kier alpha value is -0.450. The maximum Gasteiger partial charge on any atom is 0.0410 e. The zero-order valence-corrected chi connectivity index (χ0v) is 12.8. The first-order chi connectivity index (χ1) is 9.29. The van der Waals surface area contributed by atoms with Crippen molar-refractivity contribution in [2.24, 2.45) is 11.7 Å². The summed E-state index contributed by atoms with van der Waals surface area (Å²) in [6.45, 7) is 2.00. The molecule has 1 saturated carbocycles. The first kappa shape index (κ1) is 13.5. The zero-order chi connectivity index (χ0) is 13.2. The van der Waals surface area contributed by atoms with Crippen LogP contribution in [0.4, 0.5) is 0 Å². The molecule has 1 aliphatic carbocycles. The highest BCUT2D eigenvalue weighted by Gasteiger charge is 2.38. The third kappa shape index (κ3) is 3.01. The number of nitrogens with two attached hydrogens (primary N) is 1. The van der Waals surface area contributed by atoms with E-state index in [1.54, 1.807) is 0 Å². The van der Waals surface area contributed by atoms with Gasteiger partial charge in [0.15, 0.2) is 0 Å². The Morgan fingerprint density at radius 3 is 2.79 bits per heavy atom. The molecule has 0 spiro atoms. The van der Waals surface area contributed by atoms with E-state index in [0.717, 1.165) is 17.1 Å². The van der Waals surface area contributed by atoms with Gasteiger partial charge in [0.25, 0.3) is 0 Å². The minimum absolute atomic E-state index is 0.463. The Balaban J connectivity index is 1.94. The molecule has 1 aromatic heterocycles. The number of hydrogen-bond donors (Lipinski definition) is 1. The van der Waals surface area contributed by atoms with E-state index in [1.807, 2.05) is 12.4 Å². The number of likely N-dealkylation sites (tertiary alicyclic amines) is 1. The van der Waals surface area contributed by atoms with Crippen LogP contribution in [0.3, 0.4) is 0 Å². The van der Waals surface area contributed by atoms with Crippen LogP contribution in [0, 0.1) is 5.92 Å². The van der Waals surface area contributed by atoms with E-state index in [0.29, 0.717) is 12.0 Å². The monoisotopic (exact) mass is 323 g/mol. The van der Waals surface area contributed by atoms with E-state index in [1.165, 1.54) is 44.2 Å². The van der Waals surface area contributed by atoms with Gasteiger partial charge in [0, 0.05) is 29.0 Å². The molecule has 2 N–H and O–H groups in total. The molecule has 2 atom stereocenters. The molecule has 1 aromatic rings. The topological polar surface area (TPSA) is 42.1 Å². The second-order valence-corrected chi connectivity index (χ2v) is 6.76. The summed E-state index contributed by atoms with van der Waals surface area (Å²) < 4.78 is 1.07. The van der Waals surface area contributed by atoms with Crippen LogP contribution in [0.1, 0.15) is 43.7 Å². The smallest absolute Gasteiger partial charge is 0.0410 e. The highest BCUT2D eigenvalue weighted by atomic mass is 79.9. The van der Waals surface area contributed by atoms with E-state index in [9.17, 15) is 0 Å². The largest absolute Gasteiger partial charge is 0.330 e. The summed E-state index contributed by atoms with van der Waals surface area (Å²) in [6.07, 6.45) is 10.5. The number of rotatable bonds is 3. The Morgan fingerprint density at radius 1 is 1.26 bits per heavy atom. The number of aromatic nitrogens is 1. The van der Waals surface area contributed by atoms with Gasteiger partial charge < -0.3 is 5.73 Å². The van der Waals surface area contributed by atoms with Crippen LogP contribution >= 0.6 is 15.9 Å². The van der Waals surface area contributed by atoms with Gasteiger partial charge in [0.2, 0.25) is 0 Å². The van der Waals surface area contributed by atoms with Crippen molar-refractivity contribution in [3.8, 4) is 0 Å². The summed E-state index contributed by atoms with van der Waals surface area (Å²) in [5.41, 5.74) is 7.39. The second-order valence-electron chi connectivity index (χ2n) is 5.84. The summed E-state index contributed by atoms with van der Waals surface area (Å²) in [5, 5.41) is 0. The maximum atomic E-state index is 6.06. The van der Waals surface area contributed by atoms with Crippen LogP contribution in [0.2, 0.25) is 0 Å². The van der Waals surface area contributed by atoms with Gasteiger partial charge in [-0.25, -0.2) is 0 Å². The van der Waals surface area contributed by atoms with Crippen molar-refractivity contribution >= 4 is 15.9 Å². The van der Waals surface area contributed by atoms with Crippen LogP contribution in [0.25, 0.3) is 0 Å². The quantitative estimate of drug-likeness (QED) is 0.929. The van der Waals surface area contributed by atoms with Crippen LogP contribution in [0.15, 0.2) is 22.9 Å².